The Morgan fingerprint density at radius 1 is 1.55 bits per heavy atom. The quantitative estimate of drug-likeness (QED) is 0.561. The third-order valence-electron chi connectivity index (χ3n) is 3.51. The number of hydrogen-bond acceptors (Lipinski definition) is 5. The summed E-state index contributed by atoms with van der Waals surface area (Å²) in [6, 6.07) is -0.748. The summed E-state index contributed by atoms with van der Waals surface area (Å²) >= 11 is 3.52. The summed E-state index contributed by atoms with van der Waals surface area (Å²) in [7, 11) is 1.26. The van der Waals surface area contributed by atoms with Crippen molar-refractivity contribution in [3.05, 3.63) is 11.8 Å². The van der Waals surface area contributed by atoms with E-state index in [-0.39, 0.29) is 11.7 Å². The van der Waals surface area contributed by atoms with Gasteiger partial charge in [-0.2, -0.15) is 0 Å². The van der Waals surface area contributed by atoms with Crippen molar-refractivity contribution < 1.29 is 23.9 Å². The third kappa shape index (κ3) is 2.28. The molecule has 0 aliphatic carbocycles. The highest BCUT2D eigenvalue weighted by atomic mass is 79.9. The van der Waals surface area contributed by atoms with Gasteiger partial charge in [0.05, 0.1) is 11.4 Å². The fourth-order valence-corrected chi connectivity index (χ4v) is 3.37. The van der Waals surface area contributed by atoms with Gasteiger partial charge in [-0.1, -0.05) is 15.9 Å². The Balaban J connectivity index is 2.36. The van der Waals surface area contributed by atoms with E-state index in [2.05, 4.69) is 15.9 Å². The summed E-state index contributed by atoms with van der Waals surface area (Å²) in [6.45, 7) is 1.33. The Morgan fingerprint density at radius 3 is 2.70 bits per heavy atom. The molecule has 0 radical (unpaired) electrons. The van der Waals surface area contributed by atoms with Crippen LogP contribution in [0.25, 0.3) is 0 Å². The average molecular weight is 347 g/mol. The van der Waals surface area contributed by atoms with Crippen LogP contribution in [0.4, 0.5) is 0 Å². The lowest BCUT2D eigenvalue weighted by Crippen LogP contribution is -2.50. The molecule has 2 aliphatic rings. The Morgan fingerprint density at radius 2 is 2.20 bits per heavy atom. The zero-order valence-electron chi connectivity index (χ0n) is 11.1. The Hall–Kier alpha value is -1.57. The lowest BCUT2D eigenvalue weighted by Gasteiger charge is -2.36. The van der Waals surface area contributed by atoms with E-state index in [1.807, 2.05) is 0 Å². The average Bonchev–Trinajstić information content (AvgIpc) is 2.69. The molecule has 3 atom stereocenters. The number of likely N-dealkylation sites (tertiary alicyclic amines) is 1. The zero-order chi connectivity index (χ0) is 15.1. The number of fused-ring (bicyclic) bond motifs is 1. The second-order valence-electron chi connectivity index (χ2n) is 4.81. The van der Waals surface area contributed by atoms with E-state index in [1.54, 1.807) is 6.08 Å². The van der Waals surface area contributed by atoms with E-state index < -0.39 is 28.5 Å². The molecule has 8 heteroatoms. The van der Waals surface area contributed by atoms with Crippen LogP contribution >= 0.6 is 15.9 Å². The number of halogens is 1. The lowest BCUT2D eigenvalue weighted by atomic mass is 9.97. The fraction of sp³-hybridized carbons (Fsp3) is 0.583. The summed E-state index contributed by atoms with van der Waals surface area (Å²) in [4.78, 5) is 36.2. The maximum absolute atomic E-state index is 11.8. The molecule has 2 aliphatic heterocycles. The zero-order valence-corrected chi connectivity index (χ0v) is 12.7. The number of methoxy groups -OCH3 is 1. The Bertz CT molecular complexity index is 506. The molecule has 0 unspecified atom stereocenters. The maximum atomic E-state index is 11.8. The van der Waals surface area contributed by atoms with Crippen LogP contribution in [0, 0.1) is 0 Å². The van der Waals surface area contributed by atoms with Crippen LogP contribution in [0.5, 0.6) is 0 Å². The summed E-state index contributed by atoms with van der Waals surface area (Å²) < 4.78 is 9.60. The van der Waals surface area contributed by atoms with Gasteiger partial charge in [0.2, 0.25) is 5.91 Å². The summed E-state index contributed by atoms with van der Waals surface area (Å²) in [5, 5.41) is 0. The van der Waals surface area contributed by atoms with Crippen LogP contribution < -0.4 is 5.73 Å². The van der Waals surface area contributed by atoms with Crippen molar-refractivity contribution in [2.75, 3.05) is 7.11 Å². The molecule has 1 fully saturated rings. The van der Waals surface area contributed by atoms with Gasteiger partial charge in [0.15, 0.2) is 12.0 Å². The van der Waals surface area contributed by atoms with Gasteiger partial charge in [0, 0.05) is 6.92 Å². The van der Waals surface area contributed by atoms with Gasteiger partial charge in [-0.15, -0.1) is 0 Å². The van der Waals surface area contributed by atoms with Crippen LogP contribution in [-0.4, -0.2) is 46.4 Å². The SMILES string of the molecule is COC(=O)[C@@H]1C[C@]2(Br)CC=C(C(N)=O)O[C@H]2N1C(C)=O. The normalized spacial score (nSPS) is 31.9. The van der Waals surface area contributed by atoms with Crippen molar-refractivity contribution in [3.63, 3.8) is 0 Å². The van der Waals surface area contributed by atoms with Crippen LogP contribution in [0.2, 0.25) is 0 Å². The maximum Gasteiger partial charge on any atom is 0.328 e. The van der Waals surface area contributed by atoms with Crippen LogP contribution in [0.3, 0.4) is 0 Å². The molecular formula is C12H15BrN2O5. The van der Waals surface area contributed by atoms with E-state index in [1.165, 1.54) is 18.9 Å². The Labute approximate surface area is 124 Å². The second-order valence-corrected chi connectivity index (χ2v) is 6.39. The number of amides is 2. The van der Waals surface area contributed by atoms with E-state index in [0.717, 1.165) is 0 Å². The number of primary amides is 1. The van der Waals surface area contributed by atoms with Gasteiger partial charge in [0.25, 0.3) is 5.91 Å². The number of carbonyl (C=O) groups is 3. The van der Waals surface area contributed by atoms with E-state index in [9.17, 15) is 14.4 Å². The molecule has 7 nitrogen and oxygen atoms in total. The molecule has 0 bridgehead atoms. The van der Waals surface area contributed by atoms with Crippen molar-refractivity contribution in [1.82, 2.24) is 4.90 Å². The lowest BCUT2D eigenvalue weighted by molar-refractivity contribution is -0.157. The first-order valence-corrected chi connectivity index (χ1v) is 6.81. The minimum absolute atomic E-state index is 0.00170. The van der Waals surface area contributed by atoms with Crippen LogP contribution in [0.1, 0.15) is 19.8 Å². The van der Waals surface area contributed by atoms with E-state index in [0.29, 0.717) is 12.8 Å². The molecule has 0 aromatic carbocycles. The second kappa shape index (κ2) is 5.08. The highest BCUT2D eigenvalue weighted by molar-refractivity contribution is 9.10. The predicted octanol–water partition coefficient (Wildman–Crippen LogP) is 0.0295. The summed E-state index contributed by atoms with van der Waals surface area (Å²) in [6.07, 6.45) is 1.56. The highest BCUT2D eigenvalue weighted by Gasteiger charge is 2.57. The number of nitrogens with zero attached hydrogens (tertiary/aromatic N) is 1. The minimum Gasteiger partial charge on any atom is -0.467 e. The molecule has 2 heterocycles. The van der Waals surface area contributed by atoms with Gasteiger partial charge in [0.1, 0.15) is 6.04 Å². The number of rotatable bonds is 2. The van der Waals surface area contributed by atoms with Gasteiger partial charge >= 0.3 is 5.97 Å². The number of hydrogen-bond donors (Lipinski definition) is 1. The number of esters is 1. The number of ether oxygens (including phenoxy) is 2. The molecule has 0 saturated carbocycles. The highest BCUT2D eigenvalue weighted by Crippen LogP contribution is 2.47. The first kappa shape index (κ1) is 14.8. The van der Waals surface area contributed by atoms with Gasteiger partial charge in [-0.25, -0.2) is 4.79 Å². The molecule has 0 aromatic rings. The monoisotopic (exact) mass is 346 g/mol. The largest absolute Gasteiger partial charge is 0.467 e. The Kier molecular flexibility index (Phi) is 3.77. The van der Waals surface area contributed by atoms with Gasteiger partial charge in [-0.3, -0.25) is 14.5 Å². The van der Waals surface area contributed by atoms with Crippen molar-refractivity contribution in [2.24, 2.45) is 5.73 Å². The van der Waals surface area contributed by atoms with Crippen molar-refractivity contribution >= 4 is 33.7 Å². The molecule has 20 heavy (non-hydrogen) atoms. The predicted molar refractivity (Wildman–Crippen MR) is 71.4 cm³/mol. The van der Waals surface area contributed by atoms with E-state index in [4.69, 9.17) is 15.2 Å². The molecule has 2 rings (SSSR count). The number of alkyl halides is 1. The van der Waals surface area contributed by atoms with E-state index >= 15 is 0 Å². The summed E-state index contributed by atoms with van der Waals surface area (Å²) in [5.41, 5.74) is 5.19. The molecule has 0 aromatic heterocycles. The third-order valence-corrected chi connectivity index (χ3v) is 4.55. The number of nitrogens with two attached hydrogens (primary N) is 1. The molecule has 110 valence electrons. The molecule has 0 spiro atoms. The number of carbonyl (C=O) groups excluding carboxylic acids is 3. The van der Waals surface area contributed by atoms with Crippen molar-refractivity contribution in [2.45, 2.75) is 36.4 Å². The first-order chi connectivity index (χ1) is 9.30. The molecule has 2 N–H and O–H groups in total. The molecular weight excluding hydrogens is 332 g/mol. The smallest absolute Gasteiger partial charge is 0.328 e. The van der Waals surface area contributed by atoms with Gasteiger partial charge in [-0.05, 0) is 18.9 Å². The number of allylic oxidation sites excluding steroid dienone is 1. The van der Waals surface area contributed by atoms with Crippen molar-refractivity contribution in [3.8, 4) is 0 Å². The summed E-state index contributed by atoms with van der Waals surface area (Å²) in [5.74, 6) is -1.55. The van der Waals surface area contributed by atoms with Crippen LogP contribution in [-0.2, 0) is 23.9 Å². The standard InChI is InChI=1S/C12H15BrN2O5/c1-6(16)15-7(10(18)19-2)5-12(13)4-3-8(9(14)17)20-11(12)15/h3,7,11H,4-5H2,1-2H3,(H2,14,17)/t7-,11+,12+/m0/s1. The topological polar surface area (TPSA) is 98.9 Å². The minimum atomic E-state index is -0.767. The fourth-order valence-electron chi connectivity index (χ4n) is 2.59. The molecule has 2 amide bonds. The van der Waals surface area contributed by atoms with Gasteiger partial charge < -0.3 is 15.2 Å². The van der Waals surface area contributed by atoms with Crippen molar-refractivity contribution in [1.29, 1.82) is 0 Å². The van der Waals surface area contributed by atoms with Crippen LogP contribution in [0.15, 0.2) is 11.8 Å². The molecule has 1 saturated heterocycles. The first-order valence-electron chi connectivity index (χ1n) is 6.02.